The summed E-state index contributed by atoms with van der Waals surface area (Å²) in [5.74, 6) is 0. The minimum atomic E-state index is 1.07. The van der Waals surface area contributed by atoms with Crippen LogP contribution >= 0.6 is 0 Å². The topological polar surface area (TPSA) is 3.24 Å². The van der Waals surface area contributed by atoms with E-state index in [2.05, 4.69) is 290 Å². The van der Waals surface area contributed by atoms with Crippen LogP contribution in [0.5, 0.6) is 0 Å². The summed E-state index contributed by atoms with van der Waals surface area (Å²) < 4.78 is 0. The van der Waals surface area contributed by atoms with Gasteiger partial charge in [-0.1, -0.05) is 231 Å². The molecule has 0 spiro atoms. The highest BCUT2D eigenvalue weighted by atomic mass is 15.1. The lowest BCUT2D eigenvalue weighted by atomic mass is 9.85. The van der Waals surface area contributed by atoms with E-state index in [0.29, 0.717) is 0 Å². The maximum Gasteiger partial charge on any atom is 0.0540 e. The minimum absolute atomic E-state index is 1.07. The van der Waals surface area contributed by atoms with E-state index in [-0.39, 0.29) is 0 Å². The van der Waals surface area contributed by atoms with Crippen LogP contribution in [0.25, 0.3) is 99.4 Å². The molecule has 12 aromatic rings. The average Bonchev–Trinajstić information content (AvgIpc) is 3.44. The first-order valence-electron chi connectivity index (χ1n) is 23.7. The van der Waals surface area contributed by atoms with E-state index in [9.17, 15) is 0 Å². The van der Waals surface area contributed by atoms with Crippen LogP contribution in [0, 0.1) is 0 Å². The lowest BCUT2D eigenvalue weighted by Gasteiger charge is -2.29. The van der Waals surface area contributed by atoms with Gasteiger partial charge in [0.05, 0.1) is 5.69 Å². The van der Waals surface area contributed by atoms with Crippen LogP contribution in [-0.2, 0) is 0 Å². The maximum atomic E-state index is 2.43. The standard InChI is InChI=1S/C68H47N/c1-6-20-48(21-7-1)49-34-39-57(40-35-49)69(58-41-36-54(37-42-58)62-44-55-30-16-17-31-59(55)60-32-18-19-33-61(60)62)68-43-38-56(45-67(68)53-28-14-5-15-29-53)66-47-64(51-24-10-3-11-25-51)63(50-22-8-2-9-23-50)46-65(66)52-26-12-4-13-27-52/h1-47H. The fraction of sp³-hybridized carbons (Fsp3) is 0. The van der Waals surface area contributed by atoms with Crippen molar-refractivity contribution < 1.29 is 0 Å². The highest BCUT2D eigenvalue weighted by Gasteiger charge is 2.22. The Bertz CT molecular complexity index is 3720. The van der Waals surface area contributed by atoms with Gasteiger partial charge in [-0.3, -0.25) is 0 Å². The third-order valence-electron chi connectivity index (χ3n) is 13.5. The number of hydrogen-bond donors (Lipinski definition) is 0. The molecular weight excluding hydrogens is 831 g/mol. The molecule has 0 aliphatic carbocycles. The first-order chi connectivity index (χ1) is 34.2. The zero-order valence-corrected chi connectivity index (χ0v) is 38.1. The summed E-state index contributed by atoms with van der Waals surface area (Å²) in [5, 5.41) is 5.03. The van der Waals surface area contributed by atoms with Gasteiger partial charge in [0.1, 0.15) is 0 Å². The van der Waals surface area contributed by atoms with Gasteiger partial charge in [-0.15, -0.1) is 0 Å². The van der Waals surface area contributed by atoms with E-state index in [1.165, 1.54) is 82.7 Å². The van der Waals surface area contributed by atoms with Crippen LogP contribution in [0.15, 0.2) is 285 Å². The second kappa shape index (κ2) is 18.3. The van der Waals surface area contributed by atoms with Crippen molar-refractivity contribution in [3.05, 3.63) is 285 Å². The summed E-state index contributed by atoms with van der Waals surface area (Å²) >= 11 is 0. The lowest BCUT2D eigenvalue weighted by molar-refractivity contribution is 1.28. The Morgan fingerprint density at radius 2 is 0.536 bits per heavy atom. The van der Waals surface area contributed by atoms with Crippen molar-refractivity contribution in [2.24, 2.45) is 0 Å². The van der Waals surface area contributed by atoms with Crippen LogP contribution in [0.1, 0.15) is 0 Å². The molecule has 1 heteroatoms. The Labute approximate surface area is 404 Å². The Kier molecular flexibility index (Phi) is 11.0. The number of hydrogen-bond acceptors (Lipinski definition) is 1. The van der Waals surface area contributed by atoms with Gasteiger partial charge in [0, 0.05) is 16.9 Å². The van der Waals surface area contributed by atoms with Crippen molar-refractivity contribution in [1.29, 1.82) is 0 Å². The highest BCUT2D eigenvalue weighted by molar-refractivity contribution is 6.14. The lowest BCUT2D eigenvalue weighted by Crippen LogP contribution is -2.11. The smallest absolute Gasteiger partial charge is 0.0540 e. The molecule has 0 atom stereocenters. The summed E-state index contributed by atoms with van der Waals surface area (Å²) in [5.41, 5.74) is 19.8. The molecule has 0 aromatic heterocycles. The van der Waals surface area contributed by atoms with E-state index in [1.54, 1.807) is 0 Å². The van der Waals surface area contributed by atoms with Crippen molar-refractivity contribution in [3.8, 4) is 77.9 Å². The summed E-state index contributed by atoms with van der Waals surface area (Å²) in [4.78, 5) is 2.43. The molecule has 0 heterocycles. The Hall–Kier alpha value is -9.04. The Morgan fingerprint density at radius 3 is 1.04 bits per heavy atom. The summed E-state index contributed by atoms with van der Waals surface area (Å²) in [6, 6.07) is 104. The molecular formula is C68H47N. The molecule has 12 aromatic carbocycles. The first kappa shape index (κ1) is 41.4. The summed E-state index contributed by atoms with van der Waals surface area (Å²) in [6.07, 6.45) is 0. The monoisotopic (exact) mass is 877 g/mol. The van der Waals surface area contributed by atoms with Crippen molar-refractivity contribution >= 4 is 38.6 Å². The molecule has 0 unspecified atom stereocenters. The van der Waals surface area contributed by atoms with E-state index >= 15 is 0 Å². The van der Waals surface area contributed by atoms with Gasteiger partial charge < -0.3 is 4.90 Å². The summed E-state index contributed by atoms with van der Waals surface area (Å²) in [7, 11) is 0. The zero-order chi connectivity index (χ0) is 45.9. The number of rotatable bonds is 10. The van der Waals surface area contributed by atoms with Crippen molar-refractivity contribution in [2.75, 3.05) is 4.90 Å². The number of nitrogens with zero attached hydrogens (tertiary/aromatic N) is 1. The van der Waals surface area contributed by atoms with Gasteiger partial charge >= 0.3 is 0 Å². The number of anilines is 3. The van der Waals surface area contributed by atoms with Crippen LogP contribution in [0.4, 0.5) is 17.1 Å². The fourth-order valence-electron chi connectivity index (χ4n) is 10.1. The predicted octanol–water partition coefficient (Wildman–Crippen LogP) is 19.1. The van der Waals surface area contributed by atoms with Gasteiger partial charge in [-0.05, 0) is 148 Å². The molecule has 0 bridgehead atoms. The third-order valence-corrected chi connectivity index (χ3v) is 13.5. The largest absolute Gasteiger partial charge is 0.310 e. The van der Waals surface area contributed by atoms with Crippen molar-refractivity contribution in [2.45, 2.75) is 0 Å². The second-order valence-electron chi connectivity index (χ2n) is 17.6. The quantitative estimate of drug-likeness (QED) is 0.124. The minimum Gasteiger partial charge on any atom is -0.310 e. The molecule has 0 aliphatic rings. The van der Waals surface area contributed by atoms with Crippen LogP contribution in [0.2, 0.25) is 0 Å². The molecule has 0 radical (unpaired) electrons. The molecule has 1 nitrogen and oxygen atoms in total. The molecule has 324 valence electrons. The zero-order valence-electron chi connectivity index (χ0n) is 38.1. The van der Waals surface area contributed by atoms with E-state index < -0.39 is 0 Å². The molecule has 0 N–H and O–H groups in total. The number of benzene rings is 12. The van der Waals surface area contributed by atoms with Crippen molar-refractivity contribution in [3.63, 3.8) is 0 Å². The third kappa shape index (κ3) is 8.07. The molecule has 0 fully saturated rings. The van der Waals surface area contributed by atoms with Crippen LogP contribution < -0.4 is 4.90 Å². The molecule has 0 amide bonds. The second-order valence-corrected chi connectivity index (χ2v) is 17.6. The number of fused-ring (bicyclic) bond motifs is 3. The van der Waals surface area contributed by atoms with Crippen LogP contribution in [0.3, 0.4) is 0 Å². The van der Waals surface area contributed by atoms with Gasteiger partial charge in [0.25, 0.3) is 0 Å². The van der Waals surface area contributed by atoms with E-state index in [4.69, 9.17) is 0 Å². The van der Waals surface area contributed by atoms with Gasteiger partial charge in [-0.25, -0.2) is 0 Å². The molecule has 12 rings (SSSR count). The SMILES string of the molecule is c1ccc(-c2ccc(N(c3ccc(-c4cc5ccccc5c5ccccc45)cc3)c3ccc(-c4cc(-c5ccccc5)c(-c5ccccc5)cc4-c4ccccc4)cc3-c3ccccc3)cc2)cc1. The van der Waals surface area contributed by atoms with Gasteiger partial charge in [0.15, 0.2) is 0 Å². The van der Waals surface area contributed by atoms with E-state index in [1.807, 2.05) is 0 Å². The van der Waals surface area contributed by atoms with E-state index in [0.717, 1.165) is 33.8 Å². The molecule has 0 saturated heterocycles. The van der Waals surface area contributed by atoms with Crippen molar-refractivity contribution in [1.82, 2.24) is 0 Å². The van der Waals surface area contributed by atoms with Gasteiger partial charge in [-0.2, -0.15) is 0 Å². The normalized spacial score (nSPS) is 11.2. The molecule has 69 heavy (non-hydrogen) atoms. The molecule has 0 aliphatic heterocycles. The fourth-order valence-corrected chi connectivity index (χ4v) is 10.1. The molecule has 0 saturated carbocycles. The maximum absolute atomic E-state index is 2.43. The van der Waals surface area contributed by atoms with Gasteiger partial charge in [0.2, 0.25) is 0 Å². The Balaban J connectivity index is 1.06. The Morgan fingerprint density at radius 1 is 0.188 bits per heavy atom. The van der Waals surface area contributed by atoms with Crippen LogP contribution in [-0.4, -0.2) is 0 Å². The predicted molar refractivity (Wildman–Crippen MR) is 294 cm³/mol. The summed E-state index contributed by atoms with van der Waals surface area (Å²) in [6.45, 7) is 0. The first-order valence-corrected chi connectivity index (χ1v) is 23.7. The average molecular weight is 878 g/mol. The highest BCUT2D eigenvalue weighted by Crippen LogP contribution is 2.47.